The molecule has 0 fully saturated rings. The Morgan fingerprint density at radius 2 is 2.00 bits per heavy atom. The maximum absolute atomic E-state index is 12.1. The van der Waals surface area contributed by atoms with Gasteiger partial charge in [-0.05, 0) is 24.1 Å². The molecule has 0 unspecified atom stereocenters. The van der Waals surface area contributed by atoms with Gasteiger partial charge in [-0.3, -0.25) is 4.79 Å². The normalized spacial score (nSPS) is 11.2. The molecular weight excluding hydrogens is 284 g/mol. The quantitative estimate of drug-likeness (QED) is 0.658. The van der Waals surface area contributed by atoms with Crippen molar-refractivity contribution in [3.05, 3.63) is 29.3 Å². The Hall–Kier alpha value is -1.93. The van der Waals surface area contributed by atoms with E-state index in [1.807, 2.05) is 0 Å². The number of benzene rings is 1. The van der Waals surface area contributed by atoms with E-state index >= 15 is 0 Å². The lowest BCUT2D eigenvalue weighted by Crippen LogP contribution is -2.29. The zero-order valence-corrected chi connectivity index (χ0v) is 11.7. The van der Waals surface area contributed by atoms with Crippen LogP contribution in [-0.4, -0.2) is 31.9 Å². The minimum atomic E-state index is -3.88. The van der Waals surface area contributed by atoms with Gasteiger partial charge >= 0.3 is 5.97 Å². The Balaban J connectivity index is 3.11. The van der Waals surface area contributed by atoms with Crippen molar-refractivity contribution in [1.82, 2.24) is 4.72 Å². The van der Waals surface area contributed by atoms with E-state index in [1.54, 1.807) is 6.92 Å². The highest BCUT2D eigenvalue weighted by atomic mass is 32.2. The fourth-order valence-electron chi connectivity index (χ4n) is 1.62. The molecule has 1 amide bonds. The first kappa shape index (κ1) is 16.1. The molecule has 0 radical (unpaired) electrons. The molecule has 0 aromatic heterocycles. The number of carboxylic acids is 1. The predicted octanol–water partition coefficient (Wildman–Crippen LogP) is 0.101. The molecule has 110 valence electrons. The van der Waals surface area contributed by atoms with Crippen LogP contribution in [0.3, 0.4) is 0 Å². The lowest BCUT2D eigenvalue weighted by molar-refractivity contribution is -0.117. The van der Waals surface area contributed by atoms with Crippen LogP contribution in [0.15, 0.2) is 23.1 Å². The summed E-state index contributed by atoms with van der Waals surface area (Å²) in [6, 6.07) is 3.92. The number of amides is 1. The van der Waals surface area contributed by atoms with Crippen LogP contribution in [0.2, 0.25) is 0 Å². The van der Waals surface area contributed by atoms with E-state index in [0.29, 0.717) is 12.0 Å². The van der Waals surface area contributed by atoms with Crippen molar-refractivity contribution in [3.8, 4) is 0 Å². The average molecular weight is 300 g/mol. The van der Waals surface area contributed by atoms with Gasteiger partial charge in [0.2, 0.25) is 15.9 Å². The summed E-state index contributed by atoms with van der Waals surface area (Å²) in [6.45, 7) is 1.64. The van der Waals surface area contributed by atoms with E-state index in [0.717, 1.165) is 6.07 Å². The number of carbonyl (C=O) groups is 2. The van der Waals surface area contributed by atoms with Crippen molar-refractivity contribution >= 4 is 21.9 Å². The standard InChI is InChI=1S/C12H16N2O5S/c1-2-8-3-4-9(12(16)17)7-10(8)20(18,19)14-6-5-11(13)15/h3-4,7,14H,2,5-6H2,1H3,(H2,13,15)(H,16,17). The molecule has 0 aliphatic carbocycles. The summed E-state index contributed by atoms with van der Waals surface area (Å²) < 4.78 is 26.5. The van der Waals surface area contributed by atoms with Gasteiger partial charge < -0.3 is 10.8 Å². The van der Waals surface area contributed by atoms with Crippen LogP contribution in [0, 0.1) is 0 Å². The van der Waals surface area contributed by atoms with Crippen LogP contribution in [0.5, 0.6) is 0 Å². The van der Waals surface area contributed by atoms with Crippen molar-refractivity contribution in [3.63, 3.8) is 0 Å². The Morgan fingerprint density at radius 1 is 1.35 bits per heavy atom. The van der Waals surface area contributed by atoms with Crippen molar-refractivity contribution in [2.45, 2.75) is 24.7 Å². The van der Waals surface area contributed by atoms with E-state index in [4.69, 9.17) is 10.8 Å². The number of hydrogen-bond donors (Lipinski definition) is 3. The zero-order valence-electron chi connectivity index (χ0n) is 10.9. The first-order chi connectivity index (χ1) is 9.27. The number of nitrogens with one attached hydrogen (secondary N) is 1. The minimum Gasteiger partial charge on any atom is -0.478 e. The van der Waals surface area contributed by atoms with Crippen LogP contribution in [0.25, 0.3) is 0 Å². The summed E-state index contributed by atoms with van der Waals surface area (Å²) >= 11 is 0. The first-order valence-corrected chi connectivity index (χ1v) is 7.40. The van der Waals surface area contributed by atoms with Crippen molar-refractivity contribution in [2.75, 3.05) is 6.54 Å². The molecule has 0 aliphatic heterocycles. The van der Waals surface area contributed by atoms with E-state index in [9.17, 15) is 18.0 Å². The van der Waals surface area contributed by atoms with Gasteiger partial charge in [-0.2, -0.15) is 0 Å². The molecule has 8 heteroatoms. The van der Waals surface area contributed by atoms with Crippen molar-refractivity contribution in [2.24, 2.45) is 5.73 Å². The molecule has 0 atom stereocenters. The molecule has 7 nitrogen and oxygen atoms in total. The smallest absolute Gasteiger partial charge is 0.335 e. The molecule has 1 aromatic rings. The number of rotatable bonds is 7. The number of nitrogens with two attached hydrogens (primary N) is 1. The fraction of sp³-hybridized carbons (Fsp3) is 0.333. The largest absolute Gasteiger partial charge is 0.478 e. The fourth-order valence-corrected chi connectivity index (χ4v) is 2.98. The average Bonchev–Trinajstić information content (AvgIpc) is 2.37. The topological polar surface area (TPSA) is 127 Å². The SMILES string of the molecule is CCc1ccc(C(=O)O)cc1S(=O)(=O)NCCC(N)=O. The summed E-state index contributed by atoms with van der Waals surface area (Å²) in [4.78, 5) is 21.4. The van der Waals surface area contributed by atoms with Gasteiger partial charge in [0.1, 0.15) is 0 Å². The van der Waals surface area contributed by atoms with Gasteiger partial charge in [0, 0.05) is 13.0 Å². The summed E-state index contributed by atoms with van der Waals surface area (Å²) in [5.41, 5.74) is 5.32. The molecular formula is C12H16N2O5S. The Kier molecular flexibility index (Phi) is 5.23. The third kappa shape index (κ3) is 4.04. The Labute approximate surface area is 116 Å². The van der Waals surface area contributed by atoms with Crippen LogP contribution in [0.1, 0.15) is 29.3 Å². The summed E-state index contributed by atoms with van der Waals surface area (Å²) in [5, 5.41) is 8.91. The molecule has 0 saturated carbocycles. The third-order valence-electron chi connectivity index (χ3n) is 2.65. The molecule has 4 N–H and O–H groups in total. The molecule has 0 saturated heterocycles. The number of hydrogen-bond acceptors (Lipinski definition) is 4. The number of sulfonamides is 1. The second-order valence-electron chi connectivity index (χ2n) is 4.10. The molecule has 20 heavy (non-hydrogen) atoms. The molecule has 0 spiro atoms. The second-order valence-corrected chi connectivity index (χ2v) is 5.83. The van der Waals surface area contributed by atoms with Gasteiger partial charge in [-0.15, -0.1) is 0 Å². The lowest BCUT2D eigenvalue weighted by atomic mass is 10.1. The first-order valence-electron chi connectivity index (χ1n) is 5.92. The zero-order chi connectivity index (χ0) is 15.3. The molecule has 1 rings (SSSR count). The highest BCUT2D eigenvalue weighted by molar-refractivity contribution is 7.89. The Bertz CT molecular complexity index is 625. The molecule has 1 aromatic carbocycles. The van der Waals surface area contributed by atoms with Crippen molar-refractivity contribution in [1.29, 1.82) is 0 Å². The summed E-state index contributed by atoms with van der Waals surface area (Å²) in [7, 11) is -3.88. The summed E-state index contributed by atoms with van der Waals surface area (Å²) in [6.07, 6.45) is 0.311. The van der Waals surface area contributed by atoms with Gasteiger partial charge in [0.05, 0.1) is 10.5 Å². The van der Waals surface area contributed by atoms with E-state index < -0.39 is 21.9 Å². The van der Waals surface area contributed by atoms with Crippen LogP contribution in [0.4, 0.5) is 0 Å². The maximum Gasteiger partial charge on any atom is 0.335 e. The number of aryl methyl sites for hydroxylation is 1. The highest BCUT2D eigenvalue weighted by Crippen LogP contribution is 2.18. The molecule has 0 heterocycles. The molecule has 0 aliphatic rings. The molecule has 0 bridgehead atoms. The van der Waals surface area contributed by atoms with Crippen molar-refractivity contribution < 1.29 is 23.1 Å². The van der Waals surface area contributed by atoms with Gasteiger partial charge in [0.15, 0.2) is 0 Å². The van der Waals surface area contributed by atoms with Crippen LogP contribution >= 0.6 is 0 Å². The summed E-state index contributed by atoms with van der Waals surface area (Å²) in [5.74, 6) is -1.83. The number of carboxylic acid groups (broad SMARTS) is 1. The second kappa shape index (κ2) is 6.49. The predicted molar refractivity (Wildman–Crippen MR) is 71.8 cm³/mol. The third-order valence-corrected chi connectivity index (χ3v) is 4.19. The van der Waals surface area contributed by atoms with Crippen LogP contribution in [-0.2, 0) is 21.2 Å². The van der Waals surface area contributed by atoms with Gasteiger partial charge in [0.25, 0.3) is 0 Å². The van der Waals surface area contributed by atoms with E-state index in [1.165, 1.54) is 12.1 Å². The van der Waals surface area contributed by atoms with Crippen LogP contribution < -0.4 is 10.5 Å². The highest BCUT2D eigenvalue weighted by Gasteiger charge is 2.19. The lowest BCUT2D eigenvalue weighted by Gasteiger charge is -2.11. The number of carbonyl (C=O) groups excluding carboxylic acids is 1. The number of primary amides is 1. The minimum absolute atomic E-state index is 0.0932. The van der Waals surface area contributed by atoms with E-state index in [2.05, 4.69) is 4.72 Å². The monoisotopic (exact) mass is 300 g/mol. The van der Waals surface area contributed by atoms with E-state index in [-0.39, 0.29) is 23.4 Å². The number of aromatic carboxylic acids is 1. The maximum atomic E-state index is 12.1. The van der Waals surface area contributed by atoms with Gasteiger partial charge in [-0.1, -0.05) is 13.0 Å². The van der Waals surface area contributed by atoms with Gasteiger partial charge in [-0.25, -0.2) is 17.9 Å². The Morgan fingerprint density at radius 3 is 2.50 bits per heavy atom.